The van der Waals surface area contributed by atoms with Gasteiger partial charge in [-0.05, 0) is 68.3 Å². The van der Waals surface area contributed by atoms with Crippen molar-refractivity contribution >= 4 is 46.9 Å². The van der Waals surface area contributed by atoms with Gasteiger partial charge in [0.05, 0.1) is 73.9 Å². The second-order valence-electron chi connectivity index (χ2n) is 15.6. The third kappa shape index (κ3) is 13.6. The number of piperidine rings is 2. The molecule has 0 saturated carbocycles. The third-order valence-corrected chi connectivity index (χ3v) is 10.6. The van der Waals surface area contributed by atoms with Crippen LogP contribution in [0.1, 0.15) is 98.6 Å². The first-order chi connectivity index (χ1) is 32.1. The molecule has 2 aliphatic rings. The Morgan fingerprint density at radius 1 is 0.710 bits per heavy atom. The smallest absolute Gasteiger partial charge is 0.394 e. The minimum Gasteiger partial charge on any atom is -0.480 e. The summed E-state index contributed by atoms with van der Waals surface area (Å²) < 4.78 is 13.2. The van der Waals surface area contributed by atoms with Crippen LogP contribution in [0, 0.1) is 11.8 Å². The number of pyridine rings is 2. The summed E-state index contributed by atoms with van der Waals surface area (Å²) in [4.78, 5) is 78.9. The summed E-state index contributed by atoms with van der Waals surface area (Å²) >= 11 is 0. The summed E-state index contributed by atoms with van der Waals surface area (Å²) in [6.07, 6.45) is 13.6. The van der Waals surface area contributed by atoms with Crippen molar-refractivity contribution in [3.8, 4) is 23.4 Å². The molecule has 2 fully saturated rings. The van der Waals surface area contributed by atoms with Gasteiger partial charge in [0, 0.05) is 31.1 Å². The van der Waals surface area contributed by atoms with Gasteiger partial charge in [-0.15, -0.1) is 0 Å². The summed E-state index contributed by atoms with van der Waals surface area (Å²) in [5.74, 6) is -3.37. The number of methoxy groups -OCH3 is 2. The van der Waals surface area contributed by atoms with Gasteiger partial charge in [0.25, 0.3) is 11.8 Å². The summed E-state index contributed by atoms with van der Waals surface area (Å²) in [7, 11) is 2.64. The van der Waals surface area contributed by atoms with Crippen LogP contribution in [-0.2, 0) is 19.2 Å². The number of carbonyl (C=O) groups is 6. The molecule has 6 aromatic rings. The summed E-state index contributed by atoms with van der Waals surface area (Å²) in [5.41, 5.74) is 12.3. The number of likely N-dealkylation sites (tertiary alicyclic amines) is 1. The normalized spacial score (nSPS) is 17.1. The fourth-order valence-corrected chi connectivity index (χ4v) is 7.22. The van der Waals surface area contributed by atoms with Crippen LogP contribution < -0.4 is 36.9 Å². The number of ether oxygens (including phenoxy) is 2. The van der Waals surface area contributed by atoms with E-state index >= 15 is 0 Å². The van der Waals surface area contributed by atoms with Gasteiger partial charge < -0.3 is 46.9 Å². The predicted octanol–water partition coefficient (Wildman–Crippen LogP) is 3.18. The molecule has 2 aliphatic heterocycles. The first-order valence-corrected chi connectivity index (χ1v) is 20.8. The molecular weight excluding hydrogens is 897 g/mol. The fourth-order valence-electron chi connectivity index (χ4n) is 7.22. The number of hydrogen-bond donors (Lipinski definition) is 8. The standard InChI is InChI=1S/C21H24N8O4.C12H17N5.C9H9N3O5.2CH4/c1-12-3-4-16(15-6-8-29(27-15)17-5-7-24-26-17)28(11-12)21(32)19(31)25-13-9-14(18(22)30)20(33-2)23-10-13;1-9-2-3-10(13-8-9)11-5-7-17(16-11)12-4-6-14-15-12;1-17-8-5(6(10)13)2-4(3-11-8)12-7(14)9(15)16;;/h5-10,12,16H,3-4,11H2,1-2H3,(H2,22,30)(H,24,26)(H,25,31);4-7,9-10,13H,2-3,8H2,1H3,(H,14,15);2-3H,1H3,(H2,10,13)(H,12,14)(H,15,16);2*1H4/t12-,16+;9-,10+;;;/m10.../s1. The molecule has 2 saturated heterocycles. The number of aromatic amines is 2. The number of amides is 5. The zero-order valence-electron chi connectivity index (χ0n) is 36.9. The first kappa shape index (κ1) is 53.1. The molecule has 0 spiro atoms. The van der Waals surface area contributed by atoms with E-state index in [4.69, 9.17) is 26.0 Å². The summed E-state index contributed by atoms with van der Waals surface area (Å²) in [6, 6.07) is 10.1. The predicted molar refractivity (Wildman–Crippen MR) is 250 cm³/mol. The number of rotatable bonds is 10. The molecule has 0 radical (unpaired) electrons. The number of nitrogens with one attached hydrogen (secondary N) is 5. The van der Waals surface area contributed by atoms with Crippen molar-refractivity contribution in [1.82, 2.24) is 60.1 Å². The molecular formula is C44H58N16O9. The van der Waals surface area contributed by atoms with E-state index < -0.39 is 35.5 Å². The van der Waals surface area contributed by atoms with Crippen molar-refractivity contribution < 1.29 is 43.3 Å². The Bertz CT molecular complexity index is 2670. The average molecular weight is 955 g/mol. The maximum absolute atomic E-state index is 13.1. The second kappa shape index (κ2) is 24.3. The molecule has 8 rings (SSSR count). The van der Waals surface area contributed by atoms with Crippen LogP contribution in [-0.4, -0.2) is 123 Å². The molecule has 4 atom stereocenters. The number of carbonyl (C=O) groups excluding carboxylic acids is 5. The van der Waals surface area contributed by atoms with Gasteiger partial charge in [-0.1, -0.05) is 28.7 Å². The lowest BCUT2D eigenvalue weighted by Gasteiger charge is -2.37. The number of hydrogen-bond acceptors (Lipinski definition) is 15. The zero-order chi connectivity index (χ0) is 48.2. The van der Waals surface area contributed by atoms with Crippen molar-refractivity contribution in [2.24, 2.45) is 23.3 Å². The Morgan fingerprint density at radius 2 is 1.22 bits per heavy atom. The van der Waals surface area contributed by atoms with Crippen molar-refractivity contribution in [3.63, 3.8) is 0 Å². The Kier molecular flexibility index (Phi) is 18.7. The lowest BCUT2D eigenvalue weighted by molar-refractivity contribution is -0.147. The highest BCUT2D eigenvalue weighted by Crippen LogP contribution is 2.33. The van der Waals surface area contributed by atoms with Gasteiger partial charge in [0.2, 0.25) is 11.8 Å². The number of aliphatic carboxylic acids is 1. The number of nitrogens with zero attached hydrogens (tertiary/aromatic N) is 9. The third-order valence-electron chi connectivity index (χ3n) is 10.6. The van der Waals surface area contributed by atoms with Crippen molar-refractivity contribution in [3.05, 3.63) is 96.1 Å². The zero-order valence-corrected chi connectivity index (χ0v) is 36.9. The van der Waals surface area contributed by atoms with Gasteiger partial charge in [0.15, 0.2) is 0 Å². The molecule has 8 heterocycles. The van der Waals surface area contributed by atoms with Gasteiger partial charge in [-0.3, -0.25) is 34.2 Å². The number of carboxylic acid groups (broad SMARTS) is 1. The molecule has 0 aliphatic carbocycles. The lowest BCUT2D eigenvalue weighted by Crippen LogP contribution is -2.46. The van der Waals surface area contributed by atoms with Crippen LogP contribution in [0.4, 0.5) is 11.4 Å². The van der Waals surface area contributed by atoms with E-state index in [9.17, 15) is 28.8 Å². The van der Waals surface area contributed by atoms with Crippen LogP contribution in [0.15, 0.2) is 73.6 Å². The Labute approximate surface area is 396 Å². The number of H-pyrrole nitrogens is 2. The van der Waals surface area contributed by atoms with Crippen LogP contribution in [0.3, 0.4) is 0 Å². The molecule has 10 N–H and O–H groups in total. The highest BCUT2D eigenvalue weighted by molar-refractivity contribution is 6.39. The van der Waals surface area contributed by atoms with E-state index in [0.717, 1.165) is 36.6 Å². The van der Waals surface area contributed by atoms with E-state index in [1.165, 1.54) is 50.3 Å². The van der Waals surface area contributed by atoms with Gasteiger partial charge in [0.1, 0.15) is 22.8 Å². The Morgan fingerprint density at radius 3 is 1.68 bits per heavy atom. The van der Waals surface area contributed by atoms with Crippen molar-refractivity contribution in [1.29, 1.82) is 0 Å². The molecule has 0 bridgehead atoms. The minimum atomic E-state index is -1.65. The Hall–Kier alpha value is -8.48. The number of nitrogens with two attached hydrogens (primary N) is 2. The summed E-state index contributed by atoms with van der Waals surface area (Å²) in [5, 5.41) is 39.2. The maximum atomic E-state index is 13.1. The van der Waals surface area contributed by atoms with Crippen molar-refractivity contribution in [2.45, 2.75) is 66.5 Å². The van der Waals surface area contributed by atoms with Gasteiger partial charge >= 0.3 is 23.7 Å². The largest absolute Gasteiger partial charge is 0.480 e. The van der Waals surface area contributed by atoms with Crippen LogP contribution in [0.25, 0.3) is 11.6 Å². The van der Waals surface area contributed by atoms with E-state index in [0.29, 0.717) is 30.5 Å². The number of primary amides is 2. The molecule has 0 aromatic carbocycles. The van der Waals surface area contributed by atoms with Gasteiger partial charge in [-0.2, -0.15) is 20.4 Å². The second-order valence-corrected chi connectivity index (χ2v) is 15.6. The molecule has 0 unspecified atom stereocenters. The maximum Gasteiger partial charge on any atom is 0.394 e. The highest BCUT2D eigenvalue weighted by Gasteiger charge is 2.36. The molecule has 6 aromatic heterocycles. The minimum absolute atomic E-state index is 0. The van der Waals surface area contributed by atoms with Crippen LogP contribution in [0.2, 0.25) is 0 Å². The highest BCUT2D eigenvalue weighted by atomic mass is 16.5. The van der Waals surface area contributed by atoms with E-state index in [1.54, 1.807) is 29.3 Å². The van der Waals surface area contributed by atoms with E-state index in [1.807, 2.05) is 35.3 Å². The lowest BCUT2D eigenvalue weighted by atomic mass is 9.92. The number of anilines is 2. The quantitative estimate of drug-likeness (QED) is 0.0914. The molecule has 69 heavy (non-hydrogen) atoms. The molecule has 25 nitrogen and oxygen atoms in total. The molecule has 25 heteroatoms. The first-order valence-electron chi connectivity index (χ1n) is 20.8. The number of carboxylic acids is 1. The topological polar surface area (TPSA) is 351 Å². The van der Waals surface area contributed by atoms with Crippen LogP contribution >= 0.6 is 0 Å². The number of aromatic nitrogens is 10. The monoisotopic (exact) mass is 954 g/mol. The summed E-state index contributed by atoms with van der Waals surface area (Å²) in [6.45, 7) is 5.82. The van der Waals surface area contributed by atoms with Gasteiger partial charge in [-0.25, -0.2) is 24.1 Å². The van der Waals surface area contributed by atoms with E-state index in [2.05, 4.69) is 64.2 Å². The van der Waals surface area contributed by atoms with Crippen molar-refractivity contribution in [2.75, 3.05) is 37.9 Å². The average Bonchev–Trinajstić information content (AvgIpc) is 4.18. The van der Waals surface area contributed by atoms with Crippen LogP contribution in [0.5, 0.6) is 11.8 Å². The SMILES string of the molecule is C.C.COc1ncc(NC(=O)C(=O)N2C[C@H](C)CC[C@H]2c2ccn(-c3ccn[nH]3)n2)cc1C(N)=O.COc1ncc(NC(=O)C(=O)O)cc1C(N)=O.C[C@H]1CC[C@H](c2ccn(-c3ccn[nH]3)n2)NC1. The molecule has 5 amide bonds. The fraction of sp³-hybridized carbons (Fsp3) is 0.364. The molecule has 368 valence electrons. The Balaban J connectivity index is 0.000000244. The van der Waals surface area contributed by atoms with E-state index in [-0.39, 0.29) is 61.1 Å².